The fraction of sp³-hybridized carbons (Fsp3) is 0.263. The minimum Gasteiger partial charge on any atom is -0.367 e. The fourth-order valence-electron chi connectivity index (χ4n) is 2.43. The molecular weight excluding hydrogens is 410 g/mol. The number of halogens is 1. The maximum Gasteiger partial charge on any atom is 0.221 e. The van der Waals surface area contributed by atoms with E-state index in [9.17, 15) is 10.1 Å². The number of nitrogens with zero attached hydrogens (tertiary/aromatic N) is 6. The minimum atomic E-state index is -0.255. The number of amides is 1. The molecule has 8 nitrogen and oxygen atoms in total. The first-order chi connectivity index (χ1) is 14.0. The third kappa shape index (κ3) is 6.11. The summed E-state index contributed by atoms with van der Waals surface area (Å²) < 4.78 is 4.11. The Morgan fingerprint density at radius 1 is 1.41 bits per heavy atom. The van der Waals surface area contributed by atoms with E-state index < -0.39 is 0 Å². The molecule has 0 unspecified atom stereocenters. The van der Waals surface area contributed by atoms with Gasteiger partial charge in [0.2, 0.25) is 5.91 Å². The largest absolute Gasteiger partial charge is 0.367 e. The van der Waals surface area contributed by atoms with Crippen LogP contribution in [0.25, 0.3) is 0 Å². The summed E-state index contributed by atoms with van der Waals surface area (Å²) in [6.07, 6.45) is 2.11. The van der Waals surface area contributed by atoms with Crippen LogP contribution in [0.15, 0.2) is 40.0 Å². The average molecular weight is 428 g/mol. The molecule has 0 spiro atoms. The molecule has 0 bridgehead atoms. The summed E-state index contributed by atoms with van der Waals surface area (Å²) in [7, 11) is 0. The predicted octanol–water partition coefficient (Wildman–Crippen LogP) is 5.17. The molecule has 0 fully saturated rings. The molecule has 1 heterocycles. The van der Waals surface area contributed by atoms with Crippen molar-refractivity contribution in [3.8, 4) is 12.1 Å². The molecule has 0 radical (unpaired) electrons. The smallest absolute Gasteiger partial charge is 0.221 e. The van der Waals surface area contributed by atoms with Gasteiger partial charge < -0.3 is 10.2 Å². The van der Waals surface area contributed by atoms with Gasteiger partial charge in [0.15, 0.2) is 5.00 Å². The van der Waals surface area contributed by atoms with Gasteiger partial charge in [0.25, 0.3) is 0 Å². The lowest BCUT2D eigenvalue weighted by Crippen LogP contribution is -2.24. The Hall–Kier alpha value is -3.27. The Morgan fingerprint density at radius 2 is 2.21 bits per heavy atom. The molecule has 10 heteroatoms. The van der Waals surface area contributed by atoms with E-state index in [1.165, 1.54) is 12.5 Å². The fourth-order valence-corrected chi connectivity index (χ4v) is 3.19. The number of nitrogens with one attached hydrogen (secondary N) is 1. The van der Waals surface area contributed by atoms with Crippen LogP contribution in [0, 0.1) is 29.6 Å². The molecule has 29 heavy (non-hydrogen) atoms. The Morgan fingerprint density at radius 3 is 2.86 bits per heavy atom. The SMILES string of the molecule is CC(=O)Nc1cc(N(C/C=C/Cl)CCC#N)ccc1N=Nc1snc(C)c1C#N. The molecule has 0 aliphatic rings. The molecule has 0 saturated carbocycles. The first-order valence-electron chi connectivity index (χ1n) is 8.57. The number of aromatic nitrogens is 1. The number of hydrogen-bond donors (Lipinski definition) is 1. The van der Waals surface area contributed by atoms with Gasteiger partial charge in [0.05, 0.1) is 23.9 Å². The third-order valence-corrected chi connectivity index (χ3v) is 4.77. The number of carbonyl (C=O) groups is 1. The second-order valence-corrected chi connectivity index (χ2v) is 6.86. The van der Waals surface area contributed by atoms with Gasteiger partial charge in [0, 0.05) is 31.2 Å². The summed E-state index contributed by atoms with van der Waals surface area (Å²) in [5, 5.41) is 29.6. The van der Waals surface area contributed by atoms with Crippen molar-refractivity contribution in [1.29, 1.82) is 10.5 Å². The minimum absolute atomic E-state index is 0.255. The van der Waals surface area contributed by atoms with E-state index in [1.54, 1.807) is 25.1 Å². The predicted molar refractivity (Wildman–Crippen MR) is 114 cm³/mol. The number of azo groups is 1. The highest BCUT2D eigenvalue weighted by Crippen LogP contribution is 2.34. The molecule has 1 aromatic carbocycles. The second kappa shape index (κ2) is 10.9. The van der Waals surface area contributed by atoms with Gasteiger partial charge in [-0.25, -0.2) is 0 Å². The quantitative estimate of drug-likeness (QED) is 0.583. The van der Waals surface area contributed by atoms with Crippen LogP contribution >= 0.6 is 23.1 Å². The zero-order chi connectivity index (χ0) is 21.2. The van der Waals surface area contributed by atoms with Crippen LogP contribution in [0.4, 0.5) is 22.1 Å². The summed E-state index contributed by atoms with van der Waals surface area (Å²) in [5.74, 6) is -0.255. The zero-order valence-electron chi connectivity index (χ0n) is 15.9. The van der Waals surface area contributed by atoms with E-state index in [1.807, 2.05) is 11.0 Å². The van der Waals surface area contributed by atoms with E-state index in [4.69, 9.17) is 16.9 Å². The Balaban J connectivity index is 2.40. The topological polar surface area (TPSA) is 118 Å². The van der Waals surface area contributed by atoms with Gasteiger partial charge in [-0.1, -0.05) is 17.7 Å². The lowest BCUT2D eigenvalue weighted by molar-refractivity contribution is -0.114. The molecule has 0 aliphatic heterocycles. The van der Waals surface area contributed by atoms with E-state index in [0.717, 1.165) is 17.2 Å². The van der Waals surface area contributed by atoms with Gasteiger partial charge in [-0.2, -0.15) is 14.9 Å². The molecule has 1 amide bonds. The van der Waals surface area contributed by atoms with Crippen LogP contribution < -0.4 is 10.2 Å². The lowest BCUT2D eigenvalue weighted by Gasteiger charge is -2.23. The molecular formula is C19H18ClN7OS. The number of aryl methyl sites for hydroxylation is 1. The van der Waals surface area contributed by atoms with Gasteiger partial charge in [-0.15, -0.1) is 10.2 Å². The van der Waals surface area contributed by atoms with Crippen LogP contribution in [0.5, 0.6) is 0 Å². The summed E-state index contributed by atoms with van der Waals surface area (Å²) in [6.45, 7) is 4.15. The zero-order valence-corrected chi connectivity index (χ0v) is 17.5. The normalized spacial score (nSPS) is 10.8. The standard InChI is InChI=1S/C19H18ClN7OS/c1-13-16(12-22)19(29-26-13)25-24-17-6-5-15(11-18(17)23-14(2)28)27(9-3-7-20)10-4-8-21/h3,5-7,11H,4,9-10H2,1-2H3,(H,23,28)/b7-3+,25-24?. The molecule has 1 aromatic heterocycles. The average Bonchev–Trinajstić information content (AvgIpc) is 3.06. The number of benzene rings is 1. The van der Waals surface area contributed by atoms with E-state index in [2.05, 4.69) is 32.1 Å². The first kappa shape index (κ1) is 22.0. The van der Waals surface area contributed by atoms with E-state index in [0.29, 0.717) is 47.1 Å². The van der Waals surface area contributed by atoms with Gasteiger partial charge in [-0.3, -0.25) is 4.79 Å². The van der Waals surface area contributed by atoms with Crippen molar-refractivity contribution in [1.82, 2.24) is 4.37 Å². The Bertz CT molecular complexity index is 1020. The van der Waals surface area contributed by atoms with Crippen LogP contribution in [0.2, 0.25) is 0 Å². The van der Waals surface area contributed by atoms with Gasteiger partial charge in [-0.05, 0) is 36.7 Å². The van der Waals surface area contributed by atoms with Crippen molar-refractivity contribution in [3.05, 3.63) is 41.1 Å². The number of rotatable bonds is 8. The monoisotopic (exact) mass is 427 g/mol. The van der Waals surface area contributed by atoms with Gasteiger partial charge >= 0.3 is 0 Å². The van der Waals surface area contributed by atoms with E-state index >= 15 is 0 Å². The molecule has 148 valence electrons. The lowest BCUT2D eigenvalue weighted by atomic mass is 10.2. The molecule has 2 rings (SSSR count). The van der Waals surface area contributed by atoms with Gasteiger partial charge in [0.1, 0.15) is 17.3 Å². The van der Waals surface area contributed by atoms with Crippen LogP contribution in [-0.4, -0.2) is 23.4 Å². The molecule has 0 atom stereocenters. The molecule has 1 N–H and O–H groups in total. The Kier molecular flexibility index (Phi) is 8.28. The summed E-state index contributed by atoms with van der Waals surface area (Å²) in [4.78, 5) is 13.6. The van der Waals surface area contributed by atoms with Crippen molar-refractivity contribution in [2.24, 2.45) is 10.2 Å². The summed E-state index contributed by atoms with van der Waals surface area (Å²) >= 11 is 6.72. The highest BCUT2D eigenvalue weighted by molar-refractivity contribution is 7.10. The second-order valence-electron chi connectivity index (χ2n) is 5.86. The molecule has 0 aliphatic carbocycles. The summed E-state index contributed by atoms with van der Waals surface area (Å²) in [6, 6.07) is 9.49. The number of carbonyl (C=O) groups excluding carboxylic acids is 1. The van der Waals surface area contributed by atoms with Crippen molar-refractivity contribution in [2.75, 3.05) is 23.3 Å². The Labute approximate surface area is 177 Å². The van der Waals surface area contributed by atoms with Crippen LogP contribution in [0.1, 0.15) is 24.6 Å². The van der Waals surface area contributed by atoms with E-state index in [-0.39, 0.29) is 5.91 Å². The van der Waals surface area contributed by atoms with Crippen LogP contribution in [-0.2, 0) is 4.79 Å². The maximum absolute atomic E-state index is 11.6. The highest BCUT2D eigenvalue weighted by atomic mass is 35.5. The molecule has 2 aromatic rings. The third-order valence-electron chi connectivity index (χ3n) is 3.77. The number of anilines is 2. The van der Waals surface area contributed by atoms with Crippen molar-refractivity contribution in [2.45, 2.75) is 20.3 Å². The van der Waals surface area contributed by atoms with Crippen molar-refractivity contribution >= 4 is 51.1 Å². The van der Waals surface area contributed by atoms with Crippen molar-refractivity contribution < 1.29 is 4.79 Å². The maximum atomic E-state index is 11.6. The van der Waals surface area contributed by atoms with Crippen molar-refractivity contribution in [3.63, 3.8) is 0 Å². The first-order valence-corrected chi connectivity index (χ1v) is 9.78. The number of nitriles is 2. The molecule has 0 saturated heterocycles. The van der Waals surface area contributed by atoms with Crippen LogP contribution in [0.3, 0.4) is 0 Å². The summed E-state index contributed by atoms with van der Waals surface area (Å²) in [5.41, 5.74) is 4.10. The number of hydrogen-bond acceptors (Lipinski definition) is 8. The highest BCUT2D eigenvalue weighted by Gasteiger charge is 2.12.